The Labute approximate surface area is 155 Å². The highest BCUT2D eigenvalue weighted by Gasteiger charge is 2.56. The average Bonchev–Trinajstić information content (AvgIpc) is 3.02. The first-order valence-corrected chi connectivity index (χ1v) is 9.76. The Morgan fingerprint density at radius 1 is 1.27 bits per heavy atom. The molecule has 142 valence electrons. The molecule has 3 fully saturated rings. The third kappa shape index (κ3) is 3.03. The van der Waals surface area contributed by atoms with Gasteiger partial charge in [-0.2, -0.15) is 4.98 Å². The summed E-state index contributed by atoms with van der Waals surface area (Å²) in [5.41, 5.74) is 1.10. The fourth-order valence-electron chi connectivity index (χ4n) is 4.33. The molecule has 1 saturated carbocycles. The van der Waals surface area contributed by atoms with E-state index in [9.17, 15) is 4.79 Å². The second-order valence-electron chi connectivity index (χ2n) is 9.17. The maximum atomic E-state index is 11.5. The van der Waals surface area contributed by atoms with Crippen molar-refractivity contribution in [1.82, 2.24) is 9.97 Å². The van der Waals surface area contributed by atoms with Crippen molar-refractivity contribution in [3.63, 3.8) is 0 Å². The molecule has 0 amide bonds. The summed E-state index contributed by atoms with van der Waals surface area (Å²) < 4.78 is 4.82. The minimum absolute atomic E-state index is 0.00336. The van der Waals surface area contributed by atoms with Gasteiger partial charge in [-0.25, -0.2) is 4.98 Å². The van der Waals surface area contributed by atoms with Gasteiger partial charge in [0.25, 0.3) is 0 Å². The third-order valence-electron chi connectivity index (χ3n) is 6.37. The second kappa shape index (κ2) is 6.10. The van der Waals surface area contributed by atoms with Gasteiger partial charge in [-0.3, -0.25) is 4.79 Å². The maximum Gasteiger partial charge on any atom is 0.305 e. The van der Waals surface area contributed by atoms with Crippen LogP contribution in [0.4, 0.5) is 11.8 Å². The first-order chi connectivity index (χ1) is 12.3. The van der Waals surface area contributed by atoms with E-state index in [0.29, 0.717) is 30.2 Å². The lowest BCUT2D eigenvalue weighted by atomic mass is 9.92. The standard InChI is InChI=1S/C20H30N4O2/c1-12-6-7-24(12)19-21-16(20(2,3)4)9-17(22-19)23-10-14-13(15(14)11-23)8-18(25)26-5/h9,12-15H,6-8,10-11H2,1-5H3/t12?,13?,14-,15+. The number of hydrogen-bond donors (Lipinski definition) is 0. The van der Waals surface area contributed by atoms with Crippen molar-refractivity contribution in [3.05, 3.63) is 11.8 Å². The highest BCUT2D eigenvalue weighted by atomic mass is 16.5. The quantitative estimate of drug-likeness (QED) is 0.771. The van der Waals surface area contributed by atoms with Crippen LogP contribution >= 0.6 is 0 Å². The van der Waals surface area contributed by atoms with E-state index in [1.165, 1.54) is 13.5 Å². The number of hydrogen-bond acceptors (Lipinski definition) is 6. The van der Waals surface area contributed by atoms with Crippen LogP contribution in [0.3, 0.4) is 0 Å². The minimum Gasteiger partial charge on any atom is -0.469 e. The molecule has 1 aromatic rings. The molecular weight excluding hydrogens is 328 g/mol. The third-order valence-corrected chi connectivity index (χ3v) is 6.37. The summed E-state index contributed by atoms with van der Waals surface area (Å²) in [4.78, 5) is 26.0. The zero-order chi connectivity index (χ0) is 18.6. The van der Waals surface area contributed by atoms with E-state index < -0.39 is 0 Å². The molecule has 2 aliphatic heterocycles. The Balaban J connectivity index is 1.52. The van der Waals surface area contributed by atoms with E-state index in [4.69, 9.17) is 14.7 Å². The van der Waals surface area contributed by atoms with E-state index in [1.807, 2.05) is 0 Å². The van der Waals surface area contributed by atoms with Gasteiger partial charge < -0.3 is 14.5 Å². The van der Waals surface area contributed by atoms with Gasteiger partial charge in [-0.1, -0.05) is 20.8 Å². The molecule has 6 nitrogen and oxygen atoms in total. The Morgan fingerprint density at radius 3 is 2.46 bits per heavy atom. The highest BCUT2D eigenvalue weighted by Crippen LogP contribution is 2.54. The predicted octanol–water partition coefficient (Wildman–Crippen LogP) is 2.62. The molecule has 3 heterocycles. The molecule has 26 heavy (non-hydrogen) atoms. The predicted molar refractivity (Wildman–Crippen MR) is 101 cm³/mol. The summed E-state index contributed by atoms with van der Waals surface area (Å²) in [6.07, 6.45) is 1.77. The molecule has 2 unspecified atom stereocenters. The fraction of sp³-hybridized carbons (Fsp3) is 0.750. The minimum atomic E-state index is -0.0814. The highest BCUT2D eigenvalue weighted by molar-refractivity contribution is 5.70. The lowest BCUT2D eigenvalue weighted by Crippen LogP contribution is -2.47. The van der Waals surface area contributed by atoms with Gasteiger partial charge in [0.15, 0.2) is 0 Å². The lowest BCUT2D eigenvalue weighted by Gasteiger charge is -2.39. The van der Waals surface area contributed by atoms with Crippen LogP contribution in [0.15, 0.2) is 6.07 Å². The van der Waals surface area contributed by atoms with E-state index in [1.54, 1.807) is 0 Å². The Morgan fingerprint density at radius 2 is 1.96 bits per heavy atom. The van der Waals surface area contributed by atoms with Gasteiger partial charge in [-0.05, 0) is 31.1 Å². The zero-order valence-electron chi connectivity index (χ0n) is 16.5. The molecule has 0 bridgehead atoms. The Bertz CT molecular complexity index is 702. The molecule has 2 saturated heterocycles. The number of fused-ring (bicyclic) bond motifs is 1. The molecule has 0 radical (unpaired) electrons. The van der Waals surface area contributed by atoms with Gasteiger partial charge in [-0.15, -0.1) is 0 Å². The van der Waals surface area contributed by atoms with Gasteiger partial charge in [0.2, 0.25) is 5.95 Å². The van der Waals surface area contributed by atoms with Crippen LogP contribution in [0, 0.1) is 17.8 Å². The van der Waals surface area contributed by atoms with E-state index in [0.717, 1.165) is 37.1 Å². The van der Waals surface area contributed by atoms with Crippen molar-refractivity contribution < 1.29 is 9.53 Å². The molecule has 3 aliphatic rings. The number of anilines is 2. The number of aromatic nitrogens is 2. The molecular formula is C20H30N4O2. The molecule has 1 aromatic heterocycles. The van der Waals surface area contributed by atoms with Crippen molar-refractivity contribution in [3.8, 4) is 0 Å². The summed E-state index contributed by atoms with van der Waals surface area (Å²) in [5, 5.41) is 0. The monoisotopic (exact) mass is 358 g/mol. The van der Waals surface area contributed by atoms with Crippen LogP contribution in [-0.4, -0.2) is 48.7 Å². The van der Waals surface area contributed by atoms with E-state index >= 15 is 0 Å². The summed E-state index contributed by atoms with van der Waals surface area (Å²) in [6, 6.07) is 2.68. The van der Waals surface area contributed by atoms with Crippen LogP contribution in [0.2, 0.25) is 0 Å². The Kier molecular flexibility index (Phi) is 4.12. The van der Waals surface area contributed by atoms with E-state index in [-0.39, 0.29) is 11.4 Å². The molecule has 4 atom stereocenters. The van der Waals surface area contributed by atoms with E-state index in [2.05, 4.69) is 43.6 Å². The van der Waals surface area contributed by atoms with Crippen LogP contribution in [0.25, 0.3) is 0 Å². The van der Waals surface area contributed by atoms with Crippen molar-refractivity contribution in [1.29, 1.82) is 0 Å². The van der Waals surface area contributed by atoms with Gasteiger partial charge in [0.05, 0.1) is 12.8 Å². The van der Waals surface area contributed by atoms with Crippen molar-refractivity contribution in [2.75, 3.05) is 36.5 Å². The lowest BCUT2D eigenvalue weighted by molar-refractivity contribution is -0.141. The first-order valence-electron chi connectivity index (χ1n) is 9.76. The SMILES string of the molecule is COC(=O)CC1[C@H]2CN(c3cc(C(C)(C)C)nc(N4CCC4C)n3)C[C@@H]12. The first kappa shape index (κ1) is 17.6. The number of carbonyl (C=O) groups is 1. The molecule has 6 heteroatoms. The number of rotatable bonds is 4. The van der Waals surface area contributed by atoms with Crippen LogP contribution in [0.5, 0.6) is 0 Å². The molecule has 0 aromatic carbocycles. The van der Waals surface area contributed by atoms with Crippen molar-refractivity contribution in [2.24, 2.45) is 17.8 Å². The normalized spacial score (nSPS) is 30.0. The summed E-state index contributed by atoms with van der Waals surface area (Å²) in [6.45, 7) is 11.9. The summed E-state index contributed by atoms with van der Waals surface area (Å²) in [5.74, 6) is 3.54. The topological polar surface area (TPSA) is 58.6 Å². The number of ether oxygens (including phenoxy) is 1. The largest absolute Gasteiger partial charge is 0.469 e. The zero-order valence-corrected chi connectivity index (χ0v) is 16.5. The molecule has 4 rings (SSSR count). The second-order valence-corrected chi connectivity index (χ2v) is 9.17. The molecule has 1 aliphatic carbocycles. The summed E-state index contributed by atoms with van der Waals surface area (Å²) in [7, 11) is 1.47. The van der Waals surface area contributed by atoms with Crippen molar-refractivity contribution in [2.45, 2.75) is 52.0 Å². The molecule has 0 N–H and O–H groups in total. The number of piperidine rings is 1. The average molecular weight is 358 g/mol. The van der Waals surface area contributed by atoms with Crippen LogP contribution < -0.4 is 9.80 Å². The van der Waals surface area contributed by atoms with Crippen LogP contribution in [-0.2, 0) is 14.9 Å². The maximum absolute atomic E-state index is 11.5. The number of carbonyl (C=O) groups excluding carboxylic acids is 1. The van der Waals surface area contributed by atoms with Gasteiger partial charge in [0.1, 0.15) is 5.82 Å². The van der Waals surface area contributed by atoms with Crippen LogP contribution in [0.1, 0.15) is 46.2 Å². The number of nitrogens with zero attached hydrogens (tertiary/aromatic N) is 4. The number of methoxy groups -OCH3 is 1. The molecule has 0 spiro atoms. The van der Waals surface area contributed by atoms with Crippen molar-refractivity contribution >= 4 is 17.7 Å². The smallest absolute Gasteiger partial charge is 0.305 e. The Hall–Kier alpha value is -1.85. The summed E-state index contributed by atoms with van der Waals surface area (Å²) >= 11 is 0. The van der Waals surface area contributed by atoms with Gasteiger partial charge >= 0.3 is 5.97 Å². The number of esters is 1. The fourth-order valence-corrected chi connectivity index (χ4v) is 4.33. The van der Waals surface area contributed by atoms with Gasteiger partial charge in [0, 0.05) is 43.6 Å².